The van der Waals surface area contributed by atoms with Crippen LogP contribution in [-0.2, 0) is 17.6 Å². The van der Waals surface area contributed by atoms with E-state index in [2.05, 4.69) is 10.3 Å². The number of aromatic nitrogens is 1. The number of oxazole rings is 1. The van der Waals surface area contributed by atoms with Crippen LogP contribution in [0.2, 0.25) is 0 Å². The molecule has 27 heavy (non-hydrogen) atoms. The van der Waals surface area contributed by atoms with E-state index in [1.54, 1.807) is 18.2 Å². The molecule has 3 rings (SSSR count). The molecule has 0 atom stereocenters. The van der Waals surface area contributed by atoms with Crippen LogP contribution in [0.4, 0.5) is 8.78 Å². The van der Waals surface area contributed by atoms with Gasteiger partial charge in [-0.05, 0) is 36.2 Å². The van der Waals surface area contributed by atoms with Crippen LogP contribution < -0.4 is 5.32 Å². The summed E-state index contributed by atoms with van der Waals surface area (Å²) in [6, 6.07) is 10.0. The van der Waals surface area contributed by atoms with Gasteiger partial charge in [-0.25, -0.2) is 13.8 Å². The van der Waals surface area contributed by atoms with Crippen LogP contribution in [0.5, 0.6) is 5.75 Å². The van der Waals surface area contributed by atoms with Gasteiger partial charge in [-0.2, -0.15) is 0 Å². The summed E-state index contributed by atoms with van der Waals surface area (Å²) in [7, 11) is 0. The molecule has 140 valence electrons. The molecular weight excluding hydrogens is 354 g/mol. The first-order valence-electron chi connectivity index (χ1n) is 8.46. The Morgan fingerprint density at radius 1 is 1.15 bits per heavy atom. The molecule has 0 aliphatic carbocycles. The van der Waals surface area contributed by atoms with E-state index in [0.717, 1.165) is 17.7 Å². The van der Waals surface area contributed by atoms with Gasteiger partial charge >= 0.3 is 0 Å². The molecule has 0 saturated heterocycles. The van der Waals surface area contributed by atoms with Gasteiger partial charge in [0.1, 0.15) is 17.4 Å². The Balaban J connectivity index is 1.47. The molecule has 1 aromatic heterocycles. The lowest BCUT2D eigenvalue weighted by molar-refractivity contribution is -0.121. The van der Waals surface area contributed by atoms with Gasteiger partial charge < -0.3 is 14.8 Å². The molecule has 0 radical (unpaired) electrons. The number of aryl methyl sites for hydroxylation is 1. The van der Waals surface area contributed by atoms with Gasteiger partial charge in [0, 0.05) is 25.5 Å². The highest BCUT2D eigenvalue weighted by Gasteiger charge is 2.13. The molecule has 1 heterocycles. The Hall–Kier alpha value is -3.22. The number of carbonyl (C=O) groups is 1. The Bertz CT molecular complexity index is 940. The molecule has 0 unspecified atom stereocenters. The summed E-state index contributed by atoms with van der Waals surface area (Å²) in [4.78, 5) is 15.9. The topological polar surface area (TPSA) is 75.4 Å². The fourth-order valence-corrected chi connectivity index (χ4v) is 2.61. The third kappa shape index (κ3) is 5.13. The van der Waals surface area contributed by atoms with E-state index >= 15 is 0 Å². The highest BCUT2D eigenvalue weighted by molar-refractivity contribution is 5.76. The first kappa shape index (κ1) is 18.6. The fraction of sp³-hybridized carbons (Fsp3) is 0.200. The maximum absolute atomic E-state index is 13.8. The Kier molecular flexibility index (Phi) is 5.80. The van der Waals surface area contributed by atoms with Crippen molar-refractivity contribution in [3.05, 3.63) is 71.8 Å². The SMILES string of the molecule is O=C(CCc1ncc(-c2ccc(F)cc2F)o1)NCCc1cccc(O)c1. The normalized spacial score (nSPS) is 10.7. The molecule has 0 aliphatic heterocycles. The van der Waals surface area contributed by atoms with Crippen molar-refractivity contribution in [2.24, 2.45) is 0 Å². The van der Waals surface area contributed by atoms with Gasteiger partial charge in [0.25, 0.3) is 0 Å². The summed E-state index contributed by atoms with van der Waals surface area (Å²) in [5, 5.41) is 12.2. The highest BCUT2D eigenvalue weighted by Crippen LogP contribution is 2.24. The minimum absolute atomic E-state index is 0.116. The average molecular weight is 372 g/mol. The Morgan fingerprint density at radius 3 is 2.78 bits per heavy atom. The molecule has 2 N–H and O–H groups in total. The molecule has 0 bridgehead atoms. The lowest BCUT2D eigenvalue weighted by Crippen LogP contribution is -2.25. The fourth-order valence-electron chi connectivity index (χ4n) is 2.61. The molecule has 0 aliphatic rings. The van der Waals surface area contributed by atoms with Gasteiger partial charge in [0.15, 0.2) is 11.7 Å². The third-order valence-electron chi connectivity index (χ3n) is 3.96. The number of hydrogen-bond donors (Lipinski definition) is 2. The van der Waals surface area contributed by atoms with E-state index in [1.165, 1.54) is 12.3 Å². The van der Waals surface area contributed by atoms with Crippen molar-refractivity contribution in [2.45, 2.75) is 19.3 Å². The number of halogens is 2. The minimum Gasteiger partial charge on any atom is -0.508 e. The second-order valence-corrected chi connectivity index (χ2v) is 6.01. The van der Waals surface area contributed by atoms with Crippen molar-refractivity contribution < 1.29 is 23.1 Å². The van der Waals surface area contributed by atoms with Crippen molar-refractivity contribution in [1.29, 1.82) is 0 Å². The van der Waals surface area contributed by atoms with Crippen molar-refractivity contribution in [3.8, 4) is 17.1 Å². The second kappa shape index (κ2) is 8.44. The Labute approximate surface area is 154 Å². The summed E-state index contributed by atoms with van der Waals surface area (Å²) in [6.45, 7) is 0.444. The van der Waals surface area contributed by atoms with Gasteiger partial charge in [-0.15, -0.1) is 0 Å². The molecule has 0 spiro atoms. The summed E-state index contributed by atoms with van der Waals surface area (Å²) in [6.07, 6.45) is 2.39. The Morgan fingerprint density at radius 2 is 2.00 bits per heavy atom. The van der Waals surface area contributed by atoms with E-state index in [9.17, 15) is 18.7 Å². The molecule has 0 fully saturated rings. The zero-order valence-corrected chi connectivity index (χ0v) is 14.4. The zero-order chi connectivity index (χ0) is 19.2. The quantitative estimate of drug-likeness (QED) is 0.664. The molecule has 1 amide bonds. The predicted molar refractivity (Wildman–Crippen MR) is 95.0 cm³/mol. The van der Waals surface area contributed by atoms with Crippen LogP contribution in [-0.4, -0.2) is 22.5 Å². The summed E-state index contributed by atoms with van der Waals surface area (Å²) in [5.74, 6) is -0.886. The molecule has 0 saturated carbocycles. The third-order valence-corrected chi connectivity index (χ3v) is 3.96. The van der Waals surface area contributed by atoms with Gasteiger partial charge in [-0.1, -0.05) is 12.1 Å². The molecule has 2 aromatic carbocycles. The molecule has 3 aromatic rings. The molecular formula is C20H18F2N2O3. The van der Waals surface area contributed by atoms with Crippen molar-refractivity contribution >= 4 is 5.91 Å². The number of hydrogen-bond acceptors (Lipinski definition) is 4. The number of nitrogens with one attached hydrogen (secondary N) is 1. The van der Waals surface area contributed by atoms with Crippen LogP contribution in [0.1, 0.15) is 17.9 Å². The van der Waals surface area contributed by atoms with Gasteiger partial charge in [0.05, 0.1) is 11.8 Å². The first-order chi connectivity index (χ1) is 13.0. The number of nitrogens with zero attached hydrogens (tertiary/aromatic N) is 1. The van der Waals surface area contributed by atoms with E-state index in [1.807, 2.05) is 6.07 Å². The first-order valence-corrected chi connectivity index (χ1v) is 8.46. The van der Waals surface area contributed by atoms with E-state index in [4.69, 9.17) is 4.42 Å². The van der Waals surface area contributed by atoms with E-state index in [0.29, 0.717) is 18.9 Å². The summed E-state index contributed by atoms with van der Waals surface area (Å²) < 4.78 is 32.2. The van der Waals surface area contributed by atoms with Crippen molar-refractivity contribution in [1.82, 2.24) is 10.3 Å². The number of benzene rings is 2. The number of rotatable bonds is 7. The van der Waals surface area contributed by atoms with Crippen LogP contribution in [0.25, 0.3) is 11.3 Å². The number of aromatic hydroxyl groups is 1. The molecule has 7 heteroatoms. The van der Waals surface area contributed by atoms with Crippen LogP contribution >= 0.6 is 0 Å². The summed E-state index contributed by atoms with van der Waals surface area (Å²) >= 11 is 0. The lowest BCUT2D eigenvalue weighted by atomic mass is 10.1. The maximum Gasteiger partial charge on any atom is 0.220 e. The molecule has 5 nitrogen and oxygen atoms in total. The predicted octanol–water partition coefficient (Wildman–Crippen LogP) is 3.62. The van der Waals surface area contributed by atoms with Crippen LogP contribution in [0.15, 0.2) is 53.1 Å². The zero-order valence-electron chi connectivity index (χ0n) is 14.4. The number of phenols is 1. The van der Waals surface area contributed by atoms with Crippen molar-refractivity contribution in [2.75, 3.05) is 6.54 Å². The van der Waals surface area contributed by atoms with Gasteiger partial charge in [-0.3, -0.25) is 4.79 Å². The standard InChI is InChI=1S/C20H18F2N2O3/c21-14-4-5-16(17(22)11-14)18-12-24-20(27-18)7-6-19(26)23-9-8-13-2-1-3-15(25)10-13/h1-5,10-12,25H,6-9H2,(H,23,26). The largest absolute Gasteiger partial charge is 0.508 e. The maximum atomic E-state index is 13.8. The number of phenolic OH excluding ortho intramolecular Hbond substituents is 1. The average Bonchev–Trinajstić information content (AvgIpc) is 3.09. The van der Waals surface area contributed by atoms with Crippen LogP contribution in [0.3, 0.4) is 0 Å². The monoisotopic (exact) mass is 372 g/mol. The second-order valence-electron chi connectivity index (χ2n) is 6.01. The minimum atomic E-state index is -0.734. The number of amides is 1. The summed E-state index contributed by atoms with van der Waals surface area (Å²) in [5.41, 5.74) is 1.04. The van der Waals surface area contributed by atoms with Crippen LogP contribution in [0, 0.1) is 11.6 Å². The highest BCUT2D eigenvalue weighted by atomic mass is 19.1. The van der Waals surface area contributed by atoms with E-state index < -0.39 is 11.6 Å². The van der Waals surface area contributed by atoms with Crippen molar-refractivity contribution in [3.63, 3.8) is 0 Å². The van der Waals surface area contributed by atoms with Gasteiger partial charge in [0.2, 0.25) is 5.91 Å². The number of carbonyl (C=O) groups excluding carboxylic acids is 1. The lowest BCUT2D eigenvalue weighted by Gasteiger charge is -2.05. The van der Waals surface area contributed by atoms with E-state index in [-0.39, 0.29) is 35.8 Å². The smallest absolute Gasteiger partial charge is 0.220 e.